The molecular weight excluding hydrogens is 204 g/mol. The number of rotatable bonds is 1. The highest BCUT2D eigenvalue weighted by Crippen LogP contribution is 1.97. The van der Waals surface area contributed by atoms with Crippen LogP contribution in [0.4, 0.5) is 22.6 Å². The van der Waals surface area contributed by atoms with Crippen LogP contribution >= 0.6 is 0 Å². The standard InChI is InChI=1S/C3H6N6.C2H4N2O2/c4-1-7-2(5)9-3(6)8-1;3-2(6)4-1-5/h(H6,4,5,6,7,8,9);1H,(H3,3,4,5,6). The van der Waals surface area contributed by atoms with Crippen LogP contribution < -0.4 is 28.3 Å². The molecule has 15 heavy (non-hydrogen) atoms. The second-order valence-corrected chi connectivity index (χ2v) is 2.04. The topological polar surface area (TPSA) is 189 Å². The van der Waals surface area contributed by atoms with Gasteiger partial charge >= 0.3 is 6.03 Å². The number of anilines is 3. The highest BCUT2D eigenvalue weighted by Gasteiger charge is 1.93. The molecule has 1 aromatic rings. The molecule has 3 amide bonds. The monoisotopic (exact) mass is 214 g/mol. The van der Waals surface area contributed by atoms with Gasteiger partial charge in [-0.15, -0.1) is 0 Å². The van der Waals surface area contributed by atoms with E-state index >= 15 is 0 Å². The van der Waals surface area contributed by atoms with Crippen LogP contribution in [0.1, 0.15) is 0 Å². The van der Waals surface area contributed by atoms with E-state index in [0.717, 1.165) is 0 Å². The summed E-state index contributed by atoms with van der Waals surface area (Å²) in [7, 11) is 0. The van der Waals surface area contributed by atoms with Crippen LogP contribution in [0.3, 0.4) is 0 Å². The number of nitrogens with two attached hydrogens (primary N) is 4. The highest BCUT2D eigenvalue weighted by molar-refractivity contribution is 5.82. The molecule has 0 unspecified atom stereocenters. The summed E-state index contributed by atoms with van der Waals surface area (Å²) < 4.78 is 0. The summed E-state index contributed by atoms with van der Waals surface area (Å²) in [4.78, 5) is 29.1. The van der Waals surface area contributed by atoms with Crippen molar-refractivity contribution in [3.8, 4) is 0 Å². The van der Waals surface area contributed by atoms with Crippen molar-refractivity contribution in [1.82, 2.24) is 20.3 Å². The van der Waals surface area contributed by atoms with Crippen molar-refractivity contribution in [2.45, 2.75) is 0 Å². The fourth-order valence-corrected chi connectivity index (χ4v) is 0.485. The molecule has 0 aliphatic carbocycles. The number of aromatic nitrogens is 3. The summed E-state index contributed by atoms with van der Waals surface area (Å²) in [5, 5.41) is 1.67. The van der Waals surface area contributed by atoms with Crippen molar-refractivity contribution in [3.63, 3.8) is 0 Å². The number of carbonyl (C=O) groups is 2. The number of hydrogen-bond acceptors (Lipinski definition) is 8. The van der Waals surface area contributed by atoms with Crippen molar-refractivity contribution < 1.29 is 9.59 Å². The molecule has 0 aromatic carbocycles. The molecule has 82 valence electrons. The molecule has 0 saturated heterocycles. The van der Waals surface area contributed by atoms with E-state index in [1.165, 1.54) is 0 Å². The minimum Gasteiger partial charge on any atom is -0.368 e. The number of primary amides is 1. The molecule has 0 atom stereocenters. The van der Waals surface area contributed by atoms with Gasteiger partial charge in [-0.3, -0.25) is 10.1 Å². The maximum Gasteiger partial charge on any atom is 0.318 e. The molecule has 0 saturated carbocycles. The number of nitrogens with zero attached hydrogens (tertiary/aromatic N) is 3. The van der Waals surface area contributed by atoms with Crippen LogP contribution in [0.5, 0.6) is 0 Å². The normalized spacial score (nSPS) is 8.27. The van der Waals surface area contributed by atoms with E-state index in [0.29, 0.717) is 0 Å². The van der Waals surface area contributed by atoms with Crippen molar-refractivity contribution in [2.24, 2.45) is 5.73 Å². The first kappa shape index (κ1) is 12.3. The first-order valence-corrected chi connectivity index (χ1v) is 3.47. The van der Waals surface area contributed by atoms with Crippen LogP contribution in [0, 0.1) is 0 Å². The van der Waals surface area contributed by atoms with E-state index in [-0.39, 0.29) is 24.3 Å². The van der Waals surface area contributed by atoms with Gasteiger partial charge in [-0.2, -0.15) is 15.0 Å². The molecule has 0 fully saturated rings. The second-order valence-electron chi connectivity index (χ2n) is 2.04. The molecule has 9 N–H and O–H groups in total. The van der Waals surface area contributed by atoms with Crippen molar-refractivity contribution in [1.29, 1.82) is 0 Å². The number of carbonyl (C=O) groups excluding carboxylic acids is 2. The van der Waals surface area contributed by atoms with Gasteiger partial charge in [0.15, 0.2) is 0 Å². The van der Waals surface area contributed by atoms with Gasteiger partial charge in [0, 0.05) is 0 Å². The van der Waals surface area contributed by atoms with Crippen LogP contribution in [0.15, 0.2) is 0 Å². The number of amides is 3. The Hall–Kier alpha value is -2.65. The van der Waals surface area contributed by atoms with E-state index in [4.69, 9.17) is 17.2 Å². The first-order chi connectivity index (χ1) is 6.95. The van der Waals surface area contributed by atoms with Crippen LogP contribution in [0.2, 0.25) is 0 Å². The highest BCUT2D eigenvalue weighted by atomic mass is 16.2. The summed E-state index contributed by atoms with van der Waals surface area (Å²) >= 11 is 0. The number of nitrogen functional groups attached to an aromatic ring is 3. The Balaban J connectivity index is 0.000000288. The third-order valence-electron chi connectivity index (χ3n) is 0.888. The molecule has 0 aliphatic heterocycles. The largest absolute Gasteiger partial charge is 0.368 e. The van der Waals surface area contributed by atoms with E-state index < -0.39 is 6.03 Å². The van der Waals surface area contributed by atoms with E-state index in [9.17, 15) is 9.59 Å². The third-order valence-corrected chi connectivity index (χ3v) is 0.888. The zero-order valence-electron chi connectivity index (χ0n) is 7.54. The average molecular weight is 214 g/mol. The summed E-state index contributed by atoms with van der Waals surface area (Å²) in [6.07, 6.45) is 0.225. The number of imide groups is 1. The predicted octanol–water partition coefficient (Wildman–Crippen LogP) is -2.57. The molecule has 0 bridgehead atoms. The fourth-order valence-electron chi connectivity index (χ4n) is 0.485. The lowest BCUT2D eigenvalue weighted by Gasteiger charge is -1.93. The van der Waals surface area contributed by atoms with Crippen molar-refractivity contribution in [3.05, 3.63) is 0 Å². The SMILES string of the molecule is NC(=O)NC=O.Nc1nc(N)nc(N)n1. The summed E-state index contributed by atoms with van der Waals surface area (Å²) in [6.45, 7) is 0. The molecule has 0 spiro atoms. The molecular formula is C5H10N8O2. The Kier molecular flexibility index (Phi) is 4.86. The Morgan fingerprint density at radius 2 is 1.40 bits per heavy atom. The van der Waals surface area contributed by atoms with E-state index in [1.807, 2.05) is 0 Å². The van der Waals surface area contributed by atoms with Crippen molar-refractivity contribution >= 4 is 30.3 Å². The van der Waals surface area contributed by atoms with Gasteiger partial charge in [-0.25, -0.2) is 4.79 Å². The van der Waals surface area contributed by atoms with Crippen LogP contribution in [-0.2, 0) is 4.79 Å². The second kappa shape index (κ2) is 5.90. The molecule has 0 aliphatic rings. The minimum absolute atomic E-state index is 0.0417. The Morgan fingerprint density at radius 1 is 1.07 bits per heavy atom. The zero-order chi connectivity index (χ0) is 11.8. The first-order valence-electron chi connectivity index (χ1n) is 3.47. The lowest BCUT2D eigenvalue weighted by Crippen LogP contribution is -2.27. The third kappa shape index (κ3) is 6.51. The maximum atomic E-state index is 9.48. The van der Waals surface area contributed by atoms with Gasteiger partial charge in [0.05, 0.1) is 0 Å². The average Bonchev–Trinajstić information content (AvgIpc) is 2.00. The lowest BCUT2D eigenvalue weighted by atomic mass is 10.9. The summed E-state index contributed by atoms with van der Waals surface area (Å²) in [6, 6.07) is -0.829. The van der Waals surface area contributed by atoms with Gasteiger partial charge in [-0.05, 0) is 0 Å². The van der Waals surface area contributed by atoms with Crippen molar-refractivity contribution in [2.75, 3.05) is 17.2 Å². The van der Waals surface area contributed by atoms with Gasteiger partial charge in [0.1, 0.15) is 0 Å². The number of hydrogen-bond donors (Lipinski definition) is 5. The lowest BCUT2D eigenvalue weighted by molar-refractivity contribution is -0.108. The maximum absolute atomic E-state index is 9.48. The van der Waals surface area contributed by atoms with Gasteiger partial charge in [0.2, 0.25) is 24.3 Å². The Morgan fingerprint density at radius 3 is 1.53 bits per heavy atom. The molecule has 1 aromatic heterocycles. The molecule has 10 heteroatoms. The molecule has 1 rings (SSSR count). The zero-order valence-corrected chi connectivity index (χ0v) is 7.54. The van der Waals surface area contributed by atoms with E-state index in [2.05, 4.69) is 20.7 Å². The Labute approximate surface area is 84.1 Å². The molecule has 10 nitrogen and oxygen atoms in total. The number of urea groups is 1. The quantitative estimate of drug-likeness (QED) is 0.315. The van der Waals surface area contributed by atoms with Crippen LogP contribution in [0.25, 0.3) is 0 Å². The van der Waals surface area contributed by atoms with Gasteiger partial charge in [0.25, 0.3) is 0 Å². The van der Waals surface area contributed by atoms with Crippen LogP contribution in [-0.4, -0.2) is 27.4 Å². The predicted molar refractivity (Wildman–Crippen MR) is 51.8 cm³/mol. The smallest absolute Gasteiger partial charge is 0.318 e. The van der Waals surface area contributed by atoms with E-state index in [1.54, 1.807) is 5.32 Å². The van der Waals surface area contributed by atoms with Gasteiger partial charge < -0.3 is 22.9 Å². The minimum atomic E-state index is -0.829. The number of nitrogens with one attached hydrogen (secondary N) is 1. The Bertz CT molecular complexity index is 302. The molecule has 1 heterocycles. The molecule has 0 radical (unpaired) electrons. The summed E-state index contributed by atoms with van der Waals surface area (Å²) in [5.41, 5.74) is 19.8. The summed E-state index contributed by atoms with van der Waals surface area (Å²) in [5.74, 6) is 0.125. The van der Waals surface area contributed by atoms with Gasteiger partial charge in [-0.1, -0.05) is 0 Å². The fraction of sp³-hybridized carbons (Fsp3) is 0.